The summed E-state index contributed by atoms with van der Waals surface area (Å²) in [6, 6.07) is 8.21. The minimum Gasteiger partial charge on any atom is -0.462 e. The van der Waals surface area contributed by atoms with Gasteiger partial charge >= 0.3 is 5.97 Å². The summed E-state index contributed by atoms with van der Waals surface area (Å²) in [4.78, 5) is 32.7. The van der Waals surface area contributed by atoms with Crippen LogP contribution in [0, 0.1) is 6.92 Å². The summed E-state index contributed by atoms with van der Waals surface area (Å²) in [5.74, 6) is 0.0410. The molecule has 134 valence electrons. The summed E-state index contributed by atoms with van der Waals surface area (Å²) in [5.41, 5.74) is 2.67. The molecule has 0 saturated carbocycles. The molecule has 0 aliphatic carbocycles. The van der Waals surface area contributed by atoms with Crippen molar-refractivity contribution in [3.63, 3.8) is 0 Å². The Morgan fingerprint density at radius 3 is 2.62 bits per heavy atom. The fourth-order valence-electron chi connectivity index (χ4n) is 2.67. The van der Waals surface area contributed by atoms with Crippen molar-refractivity contribution in [1.29, 1.82) is 0 Å². The zero-order chi connectivity index (χ0) is 18.7. The molecule has 3 rings (SSSR count). The van der Waals surface area contributed by atoms with Crippen molar-refractivity contribution in [2.75, 3.05) is 6.61 Å². The average molecular weight is 368 g/mol. The van der Waals surface area contributed by atoms with Gasteiger partial charge in [-0.1, -0.05) is 37.3 Å². The SMILES string of the molecule is CCOC(=O)c1sc2nc(/C=C/c3ccc(CC)cc3)[nH]c(=O)c2c1C. The minimum absolute atomic E-state index is 0.250. The predicted molar refractivity (Wildman–Crippen MR) is 106 cm³/mol. The zero-order valence-corrected chi connectivity index (χ0v) is 15.8. The first-order valence-electron chi connectivity index (χ1n) is 8.51. The summed E-state index contributed by atoms with van der Waals surface area (Å²) < 4.78 is 5.05. The average Bonchev–Trinajstić information content (AvgIpc) is 2.98. The molecule has 5 nitrogen and oxygen atoms in total. The molecule has 26 heavy (non-hydrogen) atoms. The third kappa shape index (κ3) is 3.60. The van der Waals surface area contributed by atoms with Crippen LogP contribution >= 0.6 is 11.3 Å². The third-order valence-electron chi connectivity index (χ3n) is 4.10. The lowest BCUT2D eigenvalue weighted by Gasteiger charge is -1.99. The van der Waals surface area contributed by atoms with Crippen molar-refractivity contribution in [3.8, 4) is 0 Å². The van der Waals surface area contributed by atoms with Gasteiger partial charge in [0.1, 0.15) is 15.5 Å². The number of ether oxygens (including phenoxy) is 1. The Morgan fingerprint density at radius 1 is 1.23 bits per heavy atom. The van der Waals surface area contributed by atoms with Gasteiger partial charge in [0, 0.05) is 0 Å². The van der Waals surface area contributed by atoms with E-state index < -0.39 is 5.97 Å². The molecule has 3 aromatic rings. The molecule has 6 heteroatoms. The Bertz CT molecular complexity index is 1030. The van der Waals surface area contributed by atoms with Crippen LogP contribution in [0.2, 0.25) is 0 Å². The molecule has 0 bridgehead atoms. The topological polar surface area (TPSA) is 72.0 Å². The number of fused-ring (bicyclic) bond motifs is 1. The lowest BCUT2D eigenvalue weighted by molar-refractivity contribution is 0.0531. The smallest absolute Gasteiger partial charge is 0.348 e. The number of H-pyrrole nitrogens is 1. The fourth-order valence-corrected chi connectivity index (χ4v) is 3.75. The number of esters is 1. The standard InChI is InChI=1S/C20H20N2O3S/c1-4-13-6-8-14(9-7-13)10-11-15-21-18(23)16-12(3)17(20(24)25-5-2)26-19(16)22-15/h6-11H,4-5H2,1-3H3,(H,21,22,23)/b11-10+. The number of aromatic amines is 1. The third-order valence-corrected chi connectivity index (χ3v) is 5.27. The Morgan fingerprint density at radius 2 is 1.96 bits per heavy atom. The first-order chi connectivity index (χ1) is 12.5. The molecule has 0 saturated heterocycles. The molecule has 0 amide bonds. The summed E-state index contributed by atoms with van der Waals surface area (Å²) >= 11 is 1.19. The van der Waals surface area contributed by atoms with E-state index in [1.165, 1.54) is 16.9 Å². The molecule has 2 heterocycles. The van der Waals surface area contributed by atoms with Crippen LogP contribution in [-0.2, 0) is 11.2 Å². The maximum Gasteiger partial charge on any atom is 0.348 e. The molecule has 0 aliphatic rings. The van der Waals surface area contributed by atoms with Crippen molar-refractivity contribution < 1.29 is 9.53 Å². The summed E-state index contributed by atoms with van der Waals surface area (Å²) in [7, 11) is 0. The second-order valence-corrected chi connectivity index (χ2v) is 6.84. The van der Waals surface area contributed by atoms with Gasteiger partial charge in [0.2, 0.25) is 0 Å². The zero-order valence-electron chi connectivity index (χ0n) is 15.0. The number of benzene rings is 1. The number of nitrogens with one attached hydrogen (secondary N) is 1. The van der Waals surface area contributed by atoms with E-state index in [2.05, 4.69) is 29.0 Å². The first kappa shape index (κ1) is 18.1. The molecule has 0 unspecified atom stereocenters. The van der Waals surface area contributed by atoms with Gasteiger partial charge in [-0.05, 0) is 43.0 Å². The number of thiophene rings is 1. The fraction of sp³-hybridized carbons (Fsp3) is 0.250. The molecule has 1 N–H and O–H groups in total. The molecular formula is C20H20N2O3S. The molecule has 0 atom stereocenters. The Kier molecular flexibility index (Phi) is 5.32. The van der Waals surface area contributed by atoms with Gasteiger partial charge in [0.25, 0.3) is 5.56 Å². The number of carbonyl (C=O) groups is 1. The van der Waals surface area contributed by atoms with Crippen LogP contribution in [0.15, 0.2) is 29.1 Å². The van der Waals surface area contributed by atoms with E-state index in [-0.39, 0.29) is 5.56 Å². The van der Waals surface area contributed by atoms with Crippen LogP contribution in [-0.4, -0.2) is 22.5 Å². The highest BCUT2D eigenvalue weighted by atomic mass is 32.1. The van der Waals surface area contributed by atoms with Crippen molar-refractivity contribution >= 4 is 39.7 Å². The predicted octanol–water partition coefficient (Wildman–Crippen LogP) is 4.20. The lowest BCUT2D eigenvalue weighted by Crippen LogP contribution is -2.10. The van der Waals surface area contributed by atoms with Crippen LogP contribution < -0.4 is 5.56 Å². The van der Waals surface area contributed by atoms with Gasteiger partial charge in [-0.3, -0.25) is 4.79 Å². The highest BCUT2D eigenvalue weighted by Crippen LogP contribution is 2.27. The maximum atomic E-state index is 12.4. The van der Waals surface area contributed by atoms with Crippen LogP contribution in [0.1, 0.15) is 46.0 Å². The quantitative estimate of drug-likeness (QED) is 0.685. The van der Waals surface area contributed by atoms with Gasteiger partial charge in [-0.15, -0.1) is 11.3 Å². The van der Waals surface area contributed by atoms with Gasteiger partial charge in [0.15, 0.2) is 0 Å². The minimum atomic E-state index is -0.416. The van der Waals surface area contributed by atoms with E-state index in [0.29, 0.717) is 33.1 Å². The molecule has 2 aromatic heterocycles. The van der Waals surface area contributed by atoms with Crippen molar-refractivity contribution in [2.24, 2.45) is 0 Å². The summed E-state index contributed by atoms with van der Waals surface area (Å²) in [6.07, 6.45) is 4.66. The van der Waals surface area contributed by atoms with Crippen molar-refractivity contribution in [3.05, 3.63) is 62.0 Å². The number of aromatic nitrogens is 2. The van der Waals surface area contributed by atoms with Crippen molar-refractivity contribution in [1.82, 2.24) is 9.97 Å². The van der Waals surface area contributed by atoms with E-state index in [1.807, 2.05) is 18.2 Å². The first-order valence-corrected chi connectivity index (χ1v) is 9.32. The molecular weight excluding hydrogens is 348 g/mol. The summed E-state index contributed by atoms with van der Waals surface area (Å²) in [6.45, 7) is 5.90. The lowest BCUT2D eigenvalue weighted by atomic mass is 10.1. The molecule has 0 spiro atoms. The Labute approximate surface area is 155 Å². The molecule has 0 aliphatic heterocycles. The second kappa shape index (κ2) is 7.66. The Balaban J connectivity index is 1.96. The number of aryl methyl sites for hydroxylation is 2. The second-order valence-electron chi connectivity index (χ2n) is 5.84. The number of hydrogen-bond acceptors (Lipinski definition) is 5. The van der Waals surface area contributed by atoms with Gasteiger partial charge in [-0.25, -0.2) is 9.78 Å². The van der Waals surface area contributed by atoms with E-state index in [1.54, 1.807) is 19.9 Å². The normalized spacial score (nSPS) is 11.3. The van der Waals surface area contributed by atoms with Gasteiger partial charge < -0.3 is 9.72 Å². The van der Waals surface area contributed by atoms with E-state index in [0.717, 1.165) is 12.0 Å². The van der Waals surface area contributed by atoms with Crippen LogP contribution in [0.3, 0.4) is 0 Å². The molecule has 1 aromatic carbocycles. The van der Waals surface area contributed by atoms with E-state index in [9.17, 15) is 9.59 Å². The van der Waals surface area contributed by atoms with Crippen LogP contribution in [0.4, 0.5) is 0 Å². The van der Waals surface area contributed by atoms with Crippen molar-refractivity contribution in [2.45, 2.75) is 27.2 Å². The molecule has 0 fully saturated rings. The van der Waals surface area contributed by atoms with Gasteiger partial charge in [-0.2, -0.15) is 0 Å². The highest BCUT2D eigenvalue weighted by molar-refractivity contribution is 7.20. The Hall–Kier alpha value is -2.73. The number of rotatable bonds is 5. The summed E-state index contributed by atoms with van der Waals surface area (Å²) in [5, 5.41) is 0.447. The monoisotopic (exact) mass is 368 g/mol. The number of carbonyl (C=O) groups excluding carboxylic acids is 1. The van der Waals surface area contributed by atoms with E-state index in [4.69, 9.17) is 4.74 Å². The number of nitrogens with zero attached hydrogens (tertiary/aromatic N) is 1. The van der Waals surface area contributed by atoms with Crippen LogP contribution in [0.5, 0.6) is 0 Å². The maximum absolute atomic E-state index is 12.4. The highest BCUT2D eigenvalue weighted by Gasteiger charge is 2.19. The van der Waals surface area contributed by atoms with Crippen LogP contribution in [0.25, 0.3) is 22.4 Å². The largest absolute Gasteiger partial charge is 0.462 e. The van der Waals surface area contributed by atoms with E-state index >= 15 is 0 Å². The number of hydrogen-bond donors (Lipinski definition) is 1. The van der Waals surface area contributed by atoms with Gasteiger partial charge in [0.05, 0.1) is 12.0 Å². The molecule has 0 radical (unpaired) electrons.